The molecular weight excluding hydrogens is 402 g/mol. The molecule has 0 radical (unpaired) electrons. The van der Waals surface area contributed by atoms with E-state index in [1.807, 2.05) is 25.1 Å². The summed E-state index contributed by atoms with van der Waals surface area (Å²) >= 11 is 6.10. The van der Waals surface area contributed by atoms with Gasteiger partial charge in [-0.15, -0.1) is 0 Å². The van der Waals surface area contributed by atoms with E-state index in [-0.39, 0.29) is 35.6 Å². The highest BCUT2D eigenvalue weighted by molar-refractivity contribution is 6.31. The monoisotopic (exact) mass is 421 g/mol. The van der Waals surface area contributed by atoms with E-state index in [1.54, 1.807) is 24.3 Å². The van der Waals surface area contributed by atoms with Gasteiger partial charge in [-0.1, -0.05) is 24.6 Å². The second kappa shape index (κ2) is 7.16. The zero-order chi connectivity index (χ0) is 21.0. The molecule has 0 aromatic heterocycles. The fourth-order valence-electron chi connectivity index (χ4n) is 5.03. The van der Waals surface area contributed by atoms with E-state index in [9.17, 15) is 9.90 Å². The first-order valence-electron chi connectivity index (χ1n) is 10.2. The van der Waals surface area contributed by atoms with Gasteiger partial charge in [0.2, 0.25) is 0 Å². The lowest BCUT2D eigenvalue weighted by Gasteiger charge is -2.19. The molecule has 0 amide bonds. The molecule has 4 atom stereocenters. The lowest BCUT2D eigenvalue weighted by atomic mass is 9.80. The van der Waals surface area contributed by atoms with Gasteiger partial charge in [0.1, 0.15) is 23.3 Å². The Kier molecular flexibility index (Phi) is 4.57. The van der Waals surface area contributed by atoms with Crippen molar-refractivity contribution < 1.29 is 19.4 Å². The number of carbonyl (C=O) groups is 1. The lowest BCUT2D eigenvalue weighted by molar-refractivity contribution is -0.118. The van der Waals surface area contributed by atoms with Crippen LogP contribution < -0.4 is 4.74 Å². The number of hydrogen-bond acceptors (Lipinski definition) is 5. The SMILES string of the molecule is CCc1ccc(Oc2ccc(C#N)c(Cl)c2)cc1C1=C(O)[C@@H]2C3CCC(O3)C2C1=O. The van der Waals surface area contributed by atoms with E-state index in [1.165, 1.54) is 0 Å². The Hall–Kier alpha value is -2.81. The van der Waals surface area contributed by atoms with Gasteiger partial charge in [0.05, 0.1) is 40.2 Å². The molecule has 2 fully saturated rings. The van der Waals surface area contributed by atoms with Gasteiger partial charge >= 0.3 is 0 Å². The van der Waals surface area contributed by atoms with Crippen LogP contribution in [0.5, 0.6) is 11.5 Å². The molecular formula is C24H20ClNO4. The van der Waals surface area contributed by atoms with Crippen molar-refractivity contribution in [2.45, 2.75) is 38.4 Å². The molecule has 3 aliphatic rings. The van der Waals surface area contributed by atoms with Gasteiger partial charge < -0.3 is 14.6 Å². The maximum absolute atomic E-state index is 13.3. The average molecular weight is 422 g/mol. The van der Waals surface area contributed by atoms with Crippen molar-refractivity contribution in [1.82, 2.24) is 0 Å². The smallest absolute Gasteiger partial charge is 0.173 e. The van der Waals surface area contributed by atoms with Crippen LogP contribution in [0.2, 0.25) is 5.02 Å². The number of aryl methyl sites for hydroxylation is 1. The van der Waals surface area contributed by atoms with Gasteiger partial charge in [0.15, 0.2) is 5.78 Å². The summed E-state index contributed by atoms with van der Waals surface area (Å²) in [6.07, 6.45) is 2.34. The maximum atomic E-state index is 13.3. The first-order valence-corrected chi connectivity index (χ1v) is 10.5. The quantitative estimate of drug-likeness (QED) is 0.732. The van der Waals surface area contributed by atoms with Crippen LogP contribution in [0.3, 0.4) is 0 Å². The van der Waals surface area contributed by atoms with E-state index in [0.29, 0.717) is 33.2 Å². The number of hydrogen-bond donors (Lipinski definition) is 1. The summed E-state index contributed by atoms with van der Waals surface area (Å²) in [7, 11) is 0. The van der Waals surface area contributed by atoms with Crippen LogP contribution in [0, 0.1) is 23.2 Å². The van der Waals surface area contributed by atoms with Crippen molar-refractivity contribution in [3.63, 3.8) is 0 Å². The van der Waals surface area contributed by atoms with Gasteiger partial charge in [-0.05, 0) is 54.7 Å². The van der Waals surface area contributed by atoms with E-state index < -0.39 is 0 Å². The summed E-state index contributed by atoms with van der Waals surface area (Å²) < 4.78 is 11.8. The minimum atomic E-state index is -0.273. The van der Waals surface area contributed by atoms with E-state index >= 15 is 0 Å². The van der Waals surface area contributed by atoms with Gasteiger partial charge in [-0.3, -0.25) is 4.79 Å². The summed E-state index contributed by atoms with van der Waals surface area (Å²) in [4.78, 5) is 13.3. The number of rotatable bonds is 4. The van der Waals surface area contributed by atoms with Crippen molar-refractivity contribution in [3.05, 3.63) is 63.9 Å². The number of aliphatic hydroxyl groups is 1. The molecule has 2 aromatic carbocycles. The summed E-state index contributed by atoms with van der Waals surface area (Å²) in [5.41, 5.74) is 2.47. The molecule has 152 valence electrons. The van der Waals surface area contributed by atoms with Crippen molar-refractivity contribution in [2.24, 2.45) is 11.8 Å². The molecule has 5 nitrogen and oxygen atoms in total. The number of halogens is 1. The predicted molar refractivity (Wildman–Crippen MR) is 111 cm³/mol. The number of carbonyl (C=O) groups excluding carboxylic acids is 1. The number of nitriles is 1. The Bertz CT molecular complexity index is 1130. The number of fused-ring (bicyclic) bond motifs is 5. The number of benzene rings is 2. The number of allylic oxidation sites excluding steroid dienone is 1. The molecule has 0 spiro atoms. The number of ether oxygens (including phenoxy) is 2. The van der Waals surface area contributed by atoms with Crippen LogP contribution in [-0.2, 0) is 16.0 Å². The van der Waals surface area contributed by atoms with Gasteiger partial charge in [-0.25, -0.2) is 0 Å². The molecule has 1 N–H and O–H groups in total. The average Bonchev–Trinajstić information content (AvgIpc) is 3.42. The van der Waals surface area contributed by atoms with Crippen LogP contribution in [-0.4, -0.2) is 23.1 Å². The first-order chi connectivity index (χ1) is 14.5. The molecule has 6 heteroatoms. The Morgan fingerprint density at radius 2 is 1.87 bits per heavy atom. The Morgan fingerprint density at radius 1 is 1.17 bits per heavy atom. The van der Waals surface area contributed by atoms with E-state index in [2.05, 4.69) is 0 Å². The zero-order valence-corrected chi connectivity index (χ0v) is 17.1. The van der Waals surface area contributed by atoms with Crippen molar-refractivity contribution in [1.29, 1.82) is 5.26 Å². The summed E-state index contributed by atoms with van der Waals surface area (Å²) in [5.74, 6) is 0.660. The number of aliphatic hydroxyl groups excluding tert-OH is 1. The summed E-state index contributed by atoms with van der Waals surface area (Å²) in [6.45, 7) is 2.02. The molecule has 2 bridgehead atoms. The third-order valence-corrected chi connectivity index (χ3v) is 6.74. The van der Waals surface area contributed by atoms with Crippen LogP contribution in [0.1, 0.15) is 36.5 Å². The minimum Gasteiger partial charge on any atom is -0.511 e. The first kappa shape index (κ1) is 19.2. The summed E-state index contributed by atoms with van der Waals surface area (Å²) in [5, 5.41) is 20.3. The third-order valence-electron chi connectivity index (χ3n) is 6.42. The van der Waals surface area contributed by atoms with Gasteiger partial charge in [0.25, 0.3) is 0 Å². The van der Waals surface area contributed by atoms with Crippen molar-refractivity contribution >= 4 is 23.0 Å². The third kappa shape index (κ3) is 2.83. The Morgan fingerprint density at radius 3 is 2.53 bits per heavy atom. The molecule has 2 aliphatic heterocycles. The van der Waals surface area contributed by atoms with E-state index in [4.69, 9.17) is 26.3 Å². The molecule has 3 unspecified atom stereocenters. The van der Waals surface area contributed by atoms with Crippen LogP contribution in [0.25, 0.3) is 5.57 Å². The van der Waals surface area contributed by atoms with Crippen LogP contribution >= 0.6 is 11.6 Å². The maximum Gasteiger partial charge on any atom is 0.173 e. The number of nitrogens with zero attached hydrogens (tertiary/aromatic N) is 1. The van der Waals surface area contributed by atoms with Gasteiger partial charge in [0, 0.05) is 6.07 Å². The summed E-state index contributed by atoms with van der Waals surface area (Å²) in [6, 6.07) is 12.4. The minimum absolute atomic E-state index is 0.0297. The highest BCUT2D eigenvalue weighted by Crippen LogP contribution is 2.54. The van der Waals surface area contributed by atoms with Gasteiger partial charge in [-0.2, -0.15) is 5.26 Å². The Labute approximate surface area is 179 Å². The highest BCUT2D eigenvalue weighted by atomic mass is 35.5. The molecule has 2 heterocycles. The molecule has 0 saturated carbocycles. The van der Waals surface area contributed by atoms with Crippen molar-refractivity contribution in [2.75, 3.05) is 0 Å². The van der Waals surface area contributed by atoms with Crippen LogP contribution in [0.4, 0.5) is 0 Å². The normalized spacial score (nSPS) is 26.8. The fourth-order valence-corrected chi connectivity index (χ4v) is 5.25. The second-order valence-electron chi connectivity index (χ2n) is 7.99. The van der Waals surface area contributed by atoms with E-state index in [0.717, 1.165) is 24.8 Å². The standard InChI is InChI=1S/C24H20ClNO4/c1-2-12-3-5-14(29-15-6-4-13(11-26)17(25)10-15)9-16(12)20-23(27)21-18-7-8-19(30-18)22(21)24(20)28/h3-6,9-10,18-19,21-22,27H,2,7-8H2,1H3/t18?,19?,21-,22?/m1/s1. The molecule has 2 aromatic rings. The second-order valence-corrected chi connectivity index (χ2v) is 8.40. The molecule has 5 rings (SSSR count). The zero-order valence-electron chi connectivity index (χ0n) is 16.4. The molecule has 2 saturated heterocycles. The number of Topliss-reactive ketones (excluding diaryl/α,β-unsaturated/α-hetero) is 1. The predicted octanol–water partition coefficient (Wildman–Crippen LogP) is 5.21. The van der Waals surface area contributed by atoms with Crippen LogP contribution in [0.15, 0.2) is 42.2 Å². The topological polar surface area (TPSA) is 79.6 Å². The lowest BCUT2D eigenvalue weighted by Crippen LogP contribution is -2.29. The fraction of sp³-hybridized carbons (Fsp3) is 0.333. The molecule has 30 heavy (non-hydrogen) atoms. The largest absolute Gasteiger partial charge is 0.511 e. The van der Waals surface area contributed by atoms with Crippen molar-refractivity contribution in [3.8, 4) is 17.6 Å². The Balaban J connectivity index is 1.52. The molecule has 1 aliphatic carbocycles. The highest BCUT2D eigenvalue weighted by Gasteiger charge is 2.59. The number of ketones is 1.